The Morgan fingerprint density at radius 3 is 2.65 bits per heavy atom. The average molecular weight is 485 g/mol. The third-order valence-electron chi connectivity index (χ3n) is 5.31. The van der Waals surface area contributed by atoms with Gasteiger partial charge in [-0.25, -0.2) is 9.82 Å². The molecule has 0 aliphatic rings. The normalized spacial score (nSPS) is 11.5. The minimum Gasteiger partial charge on any atom is -0.493 e. The van der Waals surface area contributed by atoms with Gasteiger partial charge >= 0.3 is 0 Å². The maximum atomic E-state index is 14.1. The molecule has 1 amide bonds. The van der Waals surface area contributed by atoms with Crippen molar-refractivity contribution < 1.29 is 23.5 Å². The van der Waals surface area contributed by atoms with Crippen LogP contribution in [0.4, 0.5) is 4.39 Å². The van der Waals surface area contributed by atoms with Gasteiger partial charge in [-0.15, -0.1) is 11.3 Å². The number of nitrogens with one attached hydrogen (secondary N) is 1. The number of thiophene rings is 1. The lowest BCUT2D eigenvalue weighted by atomic mass is 10.0. The van der Waals surface area contributed by atoms with E-state index >= 15 is 0 Å². The van der Waals surface area contributed by atoms with Crippen LogP contribution < -0.4 is 14.9 Å². The molecule has 0 saturated heterocycles. The standard InChI is InChI=1S/C26H29FN2O4S/c1-4-6-10-21(19-16-34-26-18(19)8-7-9-20(26)27)28-29-25(31)14-12-22(30)17-11-13-23(33-5-2)24(15-17)32-3/h7-9,11,13,15-16H,4-6,10,12,14H2,1-3H3,(H,29,31)/b28-21+. The van der Waals surface area contributed by atoms with E-state index in [9.17, 15) is 14.0 Å². The summed E-state index contributed by atoms with van der Waals surface area (Å²) in [7, 11) is 1.51. The van der Waals surface area contributed by atoms with E-state index < -0.39 is 0 Å². The molecular weight excluding hydrogens is 455 g/mol. The van der Waals surface area contributed by atoms with Gasteiger partial charge in [0.25, 0.3) is 0 Å². The summed E-state index contributed by atoms with van der Waals surface area (Å²) in [6.07, 6.45) is 2.54. The van der Waals surface area contributed by atoms with Gasteiger partial charge in [0.15, 0.2) is 17.3 Å². The number of hydrogen-bond donors (Lipinski definition) is 1. The molecule has 3 aromatic rings. The fourth-order valence-electron chi connectivity index (χ4n) is 3.51. The number of hydrazone groups is 1. The Labute approximate surface area is 202 Å². The zero-order chi connectivity index (χ0) is 24.5. The number of Topliss-reactive ketones (excluding diaryl/α,β-unsaturated/α-hetero) is 1. The zero-order valence-electron chi connectivity index (χ0n) is 19.7. The quantitative estimate of drug-likeness (QED) is 0.191. The number of halogens is 1. The SMILES string of the molecule is CCCC/C(=N\NC(=O)CCC(=O)c1ccc(OCC)c(OC)c1)c1csc2c(F)cccc12. The van der Waals surface area contributed by atoms with Gasteiger partial charge < -0.3 is 9.47 Å². The topological polar surface area (TPSA) is 77.0 Å². The summed E-state index contributed by atoms with van der Waals surface area (Å²) in [5.74, 6) is 0.241. The average Bonchev–Trinajstić information content (AvgIpc) is 3.28. The van der Waals surface area contributed by atoms with Gasteiger partial charge in [0.05, 0.1) is 24.1 Å². The highest BCUT2D eigenvalue weighted by Crippen LogP contribution is 2.30. The molecule has 0 radical (unpaired) electrons. The summed E-state index contributed by atoms with van der Waals surface area (Å²) in [5, 5.41) is 7.01. The van der Waals surface area contributed by atoms with Crippen LogP contribution in [0, 0.1) is 5.82 Å². The Hall–Kier alpha value is -3.26. The molecule has 6 nitrogen and oxygen atoms in total. The highest BCUT2D eigenvalue weighted by Gasteiger charge is 2.15. The number of nitrogens with zero attached hydrogens (tertiary/aromatic N) is 1. The van der Waals surface area contributed by atoms with Gasteiger partial charge in [0, 0.05) is 34.7 Å². The number of ether oxygens (including phenoxy) is 2. The fourth-order valence-corrected chi connectivity index (χ4v) is 4.50. The second kappa shape index (κ2) is 12.3. The van der Waals surface area contributed by atoms with Crippen molar-refractivity contribution in [2.75, 3.05) is 13.7 Å². The van der Waals surface area contributed by atoms with Gasteiger partial charge in [-0.2, -0.15) is 5.10 Å². The summed E-state index contributed by atoms with van der Waals surface area (Å²) in [4.78, 5) is 25.0. The number of hydrogen-bond acceptors (Lipinski definition) is 6. The molecule has 1 heterocycles. The highest BCUT2D eigenvalue weighted by molar-refractivity contribution is 7.17. The molecule has 180 valence electrons. The van der Waals surface area contributed by atoms with Crippen LogP contribution in [-0.4, -0.2) is 31.1 Å². The van der Waals surface area contributed by atoms with Crippen LogP contribution in [0.2, 0.25) is 0 Å². The van der Waals surface area contributed by atoms with Crippen molar-refractivity contribution in [3.05, 3.63) is 58.7 Å². The molecule has 0 saturated carbocycles. The predicted molar refractivity (Wildman–Crippen MR) is 134 cm³/mol. The van der Waals surface area contributed by atoms with Gasteiger partial charge in [-0.3, -0.25) is 9.59 Å². The zero-order valence-corrected chi connectivity index (χ0v) is 20.5. The smallest absolute Gasteiger partial charge is 0.240 e. The van der Waals surface area contributed by atoms with Crippen LogP contribution in [0.1, 0.15) is 61.9 Å². The van der Waals surface area contributed by atoms with Crippen molar-refractivity contribution in [2.45, 2.75) is 46.0 Å². The first kappa shape index (κ1) is 25.4. The largest absolute Gasteiger partial charge is 0.493 e. The summed E-state index contributed by atoms with van der Waals surface area (Å²) >= 11 is 1.32. The fraction of sp³-hybridized carbons (Fsp3) is 0.346. The Kier molecular flexibility index (Phi) is 9.16. The number of rotatable bonds is 12. The molecular formula is C26H29FN2O4S. The molecule has 0 atom stereocenters. The van der Waals surface area contributed by atoms with Gasteiger partial charge in [-0.05, 0) is 44.0 Å². The third kappa shape index (κ3) is 6.20. The van der Waals surface area contributed by atoms with Crippen LogP contribution in [0.3, 0.4) is 0 Å². The lowest BCUT2D eigenvalue weighted by Gasteiger charge is -2.10. The third-order valence-corrected chi connectivity index (χ3v) is 6.31. The monoisotopic (exact) mass is 484 g/mol. The molecule has 0 aliphatic heterocycles. The minimum absolute atomic E-state index is 0.00205. The Morgan fingerprint density at radius 1 is 1.09 bits per heavy atom. The highest BCUT2D eigenvalue weighted by atomic mass is 32.1. The van der Waals surface area contributed by atoms with E-state index in [1.165, 1.54) is 24.5 Å². The molecule has 1 aromatic heterocycles. The molecule has 0 spiro atoms. The number of carbonyl (C=O) groups excluding carboxylic acids is 2. The Balaban J connectivity index is 1.66. The molecule has 2 aromatic carbocycles. The Morgan fingerprint density at radius 2 is 1.91 bits per heavy atom. The summed E-state index contributed by atoms with van der Waals surface area (Å²) < 4.78 is 25.4. The van der Waals surface area contributed by atoms with Crippen LogP contribution in [-0.2, 0) is 4.79 Å². The summed E-state index contributed by atoms with van der Waals surface area (Å²) in [6.45, 7) is 4.43. The Bertz CT molecular complexity index is 1190. The molecule has 0 fully saturated rings. The van der Waals surface area contributed by atoms with E-state index in [0.29, 0.717) is 40.5 Å². The first-order valence-electron chi connectivity index (χ1n) is 11.3. The van der Waals surface area contributed by atoms with E-state index in [-0.39, 0.29) is 30.3 Å². The molecule has 34 heavy (non-hydrogen) atoms. The number of benzene rings is 2. The van der Waals surface area contributed by atoms with Gasteiger partial charge in [0.2, 0.25) is 5.91 Å². The minimum atomic E-state index is -0.356. The maximum absolute atomic E-state index is 14.1. The lowest BCUT2D eigenvalue weighted by molar-refractivity contribution is -0.121. The predicted octanol–water partition coefficient (Wildman–Crippen LogP) is 6.12. The molecule has 0 bridgehead atoms. The molecule has 0 aliphatic carbocycles. The van der Waals surface area contributed by atoms with Crippen molar-refractivity contribution >= 4 is 38.8 Å². The number of amides is 1. The van der Waals surface area contributed by atoms with Crippen LogP contribution in [0.25, 0.3) is 10.1 Å². The van der Waals surface area contributed by atoms with Gasteiger partial charge in [0.1, 0.15) is 5.82 Å². The number of unbranched alkanes of at least 4 members (excludes halogenated alkanes) is 1. The van der Waals surface area contributed by atoms with Crippen molar-refractivity contribution in [3.8, 4) is 11.5 Å². The van der Waals surface area contributed by atoms with E-state index in [0.717, 1.165) is 23.8 Å². The number of fused-ring (bicyclic) bond motifs is 1. The van der Waals surface area contributed by atoms with Crippen LogP contribution in [0.15, 0.2) is 46.9 Å². The van der Waals surface area contributed by atoms with E-state index in [1.54, 1.807) is 24.3 Å². The van der Waals surface area contributed by atoms with Crippen molar-refractivity contribution in [3.63, 3.8) is 0 Å². The van der Waals surface area contributed by atoms with E-state index in [4.69, 9.17) is 9.47 Å². The van der Waals surface area contributed by atoms with Crippen molar-refractivity contribution in [2.24, 2.45) is 5.10 Å². The molecule has 8 heteroatoms. The molecule has 1 N–H and O–H groups in total. The molecule has 0 unspecified atom stereocenters. The first-order chi connectivity index (χ1) is 16.5. The maximum Gasteiger partial charge on any atom is 0.240 e. The summed E-state index contributed by atoms with van der Waals surface area (Å²) in [6, 6.07) is 9.93. The van der Waals surface area contributed by atoms with Crippen molar-refractivity contribution in [1.29, 1.82) is 0 Å². The van der Waals surface area contributed by atoms with Gasteiger partial charge in [-0.1, -0.05) is 25.5 Å². The number of methoxy groups -OCH3 is 1. The molecule has 3 rings (SSSR count). The lowest BCUT2D eigenvalue weighted by Crippen LogP contribution is -2.21. The number of ketones is 1. The second-order valence-corrected chi connectivity index (χ2v) is 8.56. The van der Waals surface area contributed by atoms with Crippen LogP contribution >= 0.6 is 11.3 Å². The summed E-state index contributed by atoms with van der Waals surface area (Å²) in [5.41, 5.74) is 4.56. The first-order valence-corrected chi connectivity index (χ1v) is 12.2. The second-order valence-electron chi connectivity index (χ2n) is 7.68. The van der Waals surface area contributed by atoms with Crippen LogP contribution in [0.5, 0.6) is 11.5 Å². The number of carbonyl (C=O) groups is 2. The van der Waals surface area contributed by atoms with Crippen molar-refractivity contribution in [1.82, 2.24) is 5.43 Å². The van der Waals surface area contributed by atoms with E-state index in [2.05, 4.69) is 17.5 Å². The van der Waals surface area contributed by atoms with E-state index in [1.807, 2.05) is 18.4 Å².